The Kier molecular flexibility index (Phi) is 8.33. The van der Waals surface area contributed by atoms with Crippen LogP contribution in [-0.4, -0.2) is 104 Å². The summed E-state index contributed by atoms with van der Waals surface area (Å²) in [6, 6.07) is 6.63. The van der Waals surface area contributed by atoms with E-state index in [-0.39, 0.29) is 46.0 Å². The minimum Gasteiger partial charge on any atom is -0.506 e. The fourth-order valence-electron chi connectivity index (χ4n) is 5.23. The number of benzene rings is 2. The summed E-state index contributed by atoms with van der Waals surface area (Å²) in [5.41, 5.74) is -0.699. The van der Waals surface area contributed by atoms with Gasteiger partial charge in [0.25, 0.3) is 0 Å². The van der Waals surface area contributed by atoms with Crippen LogP contribution in [0.15, 0.2) is 39.5 Å². The van der Waals surface area contributed by atoms with E-state index in [2.05, 4.69) is 0 Å². The van der Waals surface area contributed by atoms with E-state index in [0.29, 0.717) is 5.56 Å². The molecule has 8 N–H and O–H groups in total. The Bertz CT molecular complexity index is 1490. The molecule has 3 aromatic rings. The van der Waals surface area contributed by atoms with Crippen LogP contribution in [0.1, 0.15) is 25.0 Å². The number of aromatic hydroxyl groups is 2. The van der Waals surface area contributed by atoms with Crippen molar-refractivity contribution in [3.05, 3.63) is 46.1 Å². The average Bonchev–Trinajstić information content (AvgIpc) is 2.95. The molecule has 2 saturated heterocycles. The zero-order valence-electron chi connectivity index (χ0n) is 22.5. The van der Waals surface area contributed by atoms with Crippen LogP contribution in [0.5, 0.6) is 23.0 Å². The second kappa shape index (κ2) is 11.7. The molecule has 42 heavy (non-hydrogen) atoms. The van der Waals surface area contributed by atoms with Crippen LogP contribution in [0.2, 0.25) is 0 Å². The van der Waals surface area contributed by atoms with Crippen LogP contribution in [-0.2, 0) is 9.47 Å². The lowest BCUT2D eigenvalue weighted by atomic mass is 9.92. The monoisotopic (exact) mass is 592 g/mol. The first-order chi connectivity index (χ1) is 19.9. The largest absolute Gasteiger partial charge is 0.506 e. The number of methoxy groups -OCH3 is 1. The Morgan fingerprint density at radius 3 is 2.31 bits per heavy atom. The summed E-state index contributed by atoms with van der Waals surface area (Å²) in [5, 5.41) is 82.5. The van der Waals surface area contributed by atoms with Crippen LogP contribution in [0.4, 0.5) is 0 Å². The van der Waals surface area contributed by atoms with E-state index in [1.165, 1.54) is 38.3 Å². The third-order valence-electron chi connectivity index (χ3n) is 7.58. The van der Waals surface area contributed by atoms with Crippen molar-refractivity contribution < 1.29 is 64.2 Å². The van der Waals surface area contributed by atoms with Gasteiger partial charge in [-0.15, -0.1) is 0 Å². The van der Waals surface area contributed by atoms with Gasteiger partial charge in [0.2, 0.25) is 6.29 Å². The lowest BCUT2D eigenvalue weighted by molar-refractivity contribution is -0.277. The molecule has 1 aromatic heterocycles. The SMILES string of the molecule is COc1ccc(-c2cc(=O)c3c(O)c([C@@H]4C[C@@H](O)[C@H](O)[C@H](C)O4)c(O[C@@H]4O[C@H](CO)[C@@H](O)[C@H](O)[C@H]4O)cc3o2)cc1O. The molecule has 0 amide bonds. The third kappa shape index (κ3) is 5.27. The van der Waals surface area contributed by atoms with Gasteiger partial charge in [0, 0.05) is 24.1 Å². The highest BCUT2D eigenvalue weighted by atomic mass is 16.7. The highest BCUT2D eigenvalue weighted by Gasteiger charge is 2.46. The topological polar surface area (TPSA) is 229 Å². The number of ether oxygens (including phenoxy) is 4. The molecule has 14 heteroatoms. The number of fused-ring (bicyclic) bond motifs is 1. The Morgan fingerprint density at radius 2 is 1.67 bits per heavy atom. The van der Waals surface area contributed by atoms with Crippen LogP contribution in [0, 0.1) is 0 Å². The number of hydrogen-bond acceptors (Lipinski definition) is 14. The normalized spacial score (nSPS) is 31.7. The van der Waals surface area contributed by atoms with Crippen LogP contribution < -0.4 is 14.9 Å². The summed E-state index contributed by atoms with van der Waals surface area (Å²) in [5.74, 6) is -0.897. The first kappa shape index (κ1) is 30.0. The second-order valence-corrected chi connectivity index (χ2v) is 10.3. The highest BCUT2D eigenvalue weighted by Crippen LogP contribution is 2.46. The Hall–Kier alpha value is -3.47. The molecule has 0 unspecified atom stereocenters. The van der Waals surface area contributed by atoms with Gasteiger partial charge in [0.05, 0.1) is 37.6 Å². The van der Waals surface area contributed by atoms with Gasteiger partial charge in [0.15, 0.2) is 16.9 Å². The first-order valence-electron chi connectivity index (χ1n) is 13.1. The molecule has 9 atom stereocenters. The second-order valence-electron chi connectivity index (χ2n) is 10.3. The van der Waals surface area contributed by atoms with Crippen molar-refractivity contribution in [2.75, 3.05) is 13.7 Å². The quantitative estimate of drug-likeness (QED) is 0.183. The zero-order chi connectivity index (χ0) is 30.5. The van der Waals surface area contributed by atoms with Crippen molar-refractivity contribution in [3.8, 4) is 34.3 Å². The molecule has 228 valence electrons. The summed E-state index contributed by atoms with van der Waals surface area (Å²) >= 11 is 0. The lowest BCUT2D eigenvalue weighted by Gasteiger charge is -2.40. The van der Waals surface area contributed by atoms with Crippen molar-refractivity contribution in [2.45, 2.75) is 68.5 Å². The minimum atomic E-state index is -1.81. The summed E-state index contributed by atoms with van der Waals surface area (Å²) in [6.07, 6.45) is -13.0. The van der Waals surface area contributed by atoms with Gasteiger partial charge in [-0.3, -0.25) is 4.79 Å². The average molecular weight is 593 g/mol. The molecule has 0 radical (unpaired) electrons. The fourth-order valence-corrected chi connectivity index (χ4v) is 5.23. The molecule has 5 rings (SSSR count). The first-order valence-corrected chi connectivity index (χ1v) is 13.1. The molecule has 0 saturated carbocycles. The number of aliphatic hydroxyl groups excluding tert-OH is 6. The van der Waals surface area contributed by atoms with E-state index in [1.54, 1.807) is 0 Å². The van der Waals surface area contributed by atoms with Gasteiger partial charge in [0.1, 0.15) is 58.7 Å². The summed E-state index contributed by atoms with van der Waals surface area (Å²) in [4.78, 5) is 13.3. The Morgan fingerprint density at radius 1 is 0.929 bits per heavy atom. The molecule has 3 heterocycles. The van der Waals surface area contributed by atoms with Crippen molar-refractivity contribution in [1.82, 2.24) is 0 Å². The molecule has 2 aromatic carbocycles. The van der Waals surface area contributed by atoms with Crippen LogP contribution >= 0.6 is 0 Å². The number of phenols is 2. The smallest absolute Gasteiger partial charge is 0.229 e. The summed E-state index contributed by atoms with van der Waals surface area (Å²) in [6.45, 7) is 0.780. The van der Waals surface area contributed by atoms with Gasteiger partial charge in [-0.05, 0) is 25.1 Å². The van der Waals surface area contributed by atoms with E-state index in [0.717, 1.165) is 6.07 Å². The van der Waals surface area contributed by atoms with Crippen molar-refractivity contribution in [1.29, 1.82) is 0 Å². The highest BCUT2D eigenvalue weighted by molar-refractivity contribution is 5.88. The van der Waals surface area contributed by atoms with Crippen LogP contribution in [0.25, 0.3) is 22.3 Å². The Labute approximate surface area is 238 Å². The standard InChI is InChI=1S/C28H32O14/c1-10-23(33)14(32)7-17(39-10)22-19(41-28-27(37)26(36)24(34)20(9-29)42-28)8-18-21(25(22)35)13(31)6-16(40-18)11-3-4-15(38-2)12(30)5-11/h3-6,8,10,14,17,20,23-24,26-30,32-37H,7,9H2,1-2H3/t10-,14+,17-,20+,23+,24+,26-,27+,28+/m0/s1. The number of hydrogen-bond donors (Lipinski definition) is 8. The Balaban J connectivity index is 1.66. The van der Waals surface area contributed by atoms with E-state index >= 15 is 0 Å². The summed E-state index contributed by atoms with van der Waals surface area (Å²) in [7, 11) is 1.37. The minimum absolute atomic E-state index is 0.0116. The maximum Gasteiger partial charge on any atom is 0.229 e. The molecule has 2 aliphatic rings. The maximum absolute atomic E-state index is 13.3. The van der Waals surface area contributed by atoms with Crippen molar-refractivity contribution in [2.24, 2.45) is 0 Å². The predicted molar refractivity (Wildman–Crippen MR) is 142 cm³/mol. The van der Waals surface area contributed by atoms with Gasteiger partial charge in [-0.2, -0.15) is 0 Å². The third-order valence-corrected chi connectivity index (χ3v) is 7.58. The molecular weight excluding hydrogens is 560 g/mol. The molecule has 0 spiro atoms. The number of phenolic OH excluding ortho intramolecular Hbond substituents is 2. The van der Waals surface area contributed by atoms with Gasteiger partial charge in [-0.1, -0.05) is 0 Å². The number of aliphatic hydroxyl groups is 6. The van der Waals surface area contributed by atoms with E-state index < -0.39 is 72.9 Å². The van der Waals surface area contributed by atoms with E-state index in [9.17, 15) is 45.6 Å². The fraction of sp³-hybridized carbons (Fsp3) is 0.464. The van der Waals surface area contributed by atoms with Crippen molar-refractivity contribution >= 4 is 11.0 Å². The molecular formula is C28H32O14. The molecule has 2 fully saturated rings. The maximum atomic E-state index is 13.3. The van der Waals surface area contributed by atoms with Gasteiger partial charge < -0.3 is 64.2 Å². The number of rotatable bonds is 6. The molecule has 0 aliphatic carbocycles. The lowest BCUT2D eigenvalue weighted by Crippen LogP contribution is -2.60. The predicted octanol–water partition coefficient (Wildman–Crippen LogP) is -0.370. The van der Waals surface area contributed by atoms with Crippen molar-refractivity contribution in [3.63, 3.8) is 0 Å². The van der Waals surface area contributed by atoms with E-state index in [1.807, 2.05) is 0 Å². The van der Waals surface area contributed by atoms with Crippen LogP contribution in [0.3, 0.4) is 0 Å². The van der Waals surface area contributed by atoms with Gasteiger partial charge >= 0.3 is 0 Å². The molecule has 0 bridgehead atoms. The molecule has 14 nitrogen and oxygen atoms in total. The van der Waals surface area contributed by atoms with Gasteiger partial charge in [-0.25, -0.2) is 0 Å². The van der Waals surface area contributed by atoms with E-state index in [4.69, 9.17) is 23.4 Å². The summed E-state index contributed by atoms with van der Waals surface area (Å²) < 4.78 is 28.1. The molecule has 2 aliphatic heterocycles. The zero-order valence-corrected chi connectivity index (χ0v) is 22.5.